The third kappa shape index (κ3) is 3.17. The summed E-state index contributed by atoms with van der Waals surface area (Å²) in [5, 5.41) is 7.76. The molecule has 0 aromatic heterocycles. The highest BCUT2D eigenvalue weighted by Gasteiger charge is 2.66. The van der Waals surface area contributed by atoms with Crippen LogP contribution in [0.25, 0.3) is 0 Å². The summed E-state index contributed by atoms with van der Waals surface area (Å²) < 4.78 is 6.02. The molecule has 0 bridgehead atoms. The zero-order chi connectivity index (χ0) is 17.3. The molecule has 1 heterocycles. The van der Waals surface area contributed by atoms with Crippen molar-refractivity contribution in [2.45, 2.75) is 54.9 Å². The Bertz CT molecular complexity index is 617. The van der Waals surface area contributed by atoms with Gasteiger partial charge in [0.05, 0.1) is 6.10 Å². The third-order valence-corrected chi connectivity index (χ3v) is 7.30. The van der Waals surface area contributed by atoms with Crippen LogP contribution in [0, 0.1) is 11.3 Å². The number of rotatable bonds is 5. The molecule has 1 aromatic carbocycles. The fourth-order valence-electron chi connectivity index (χ4n) is 4.81. The second kappa shape index (κ2) is 7.20. The van der Waals surface area contributed by atoms with Gasteiger partial charge in [-0.25, -0.2) is 0 Å². The monoisotopic (exact) mass is 359 g/mol. The molecule has 4 atom stereocenters. The first-order chi connectivity index (χ1) is 12.2. The lowest BCUT2D eigenvalue weighted by atomic mass is 9.46. The molecule has 136 valence electrons. The van der Waals surface area contributed by atoms with Crippen LogP contribution in [0.5, 0.6) is 0 Å². The molecule has 5 heteroatoms. The maximum absolute atomic E-state index is 6.02. The standard InChI is InChI=1S/C20H29N3OS/c1-14(25-15-7-4-3-5-8-15)13-22-19(21-2)23-17-16-9-12-24-18(16)20(17)10-6-11-20/h3-5,7-8,14,16-18H,6,9-13H2,1-2H3,(H2,21,22,23). The Hall–Kier alpha value is -1.20. The van der Waals surface area contributed by atoms with Gasteiger partial charge in [-0.05, 0) is 31.4 Å². The Balaban J connectivity index is 1.29. The molecule has 1 spiro atoms. The zero-order valence-electron chi connectivity index (χ0n) is 15.2. The van der Waals surface area contributed by atoms with Crippen molar-refractivity contribution in [3.05, 3.63) is 30.3 Å². The third-order valence-electron chi connectivity index (χ3n) is 6.19. The fourth-order valence-corrected chi connectivity index (χ4v) is 5.76. The average Bonchev–Trinajstić information content (AvgIpc) is 2.99. The highest BCUT2D eigenvalue weighted by Crippen LogP contribution is 2.62. The molecule has 1 aromatic rings. The van der Waals surface area contributed by atoms with Crippen molar-refractivity contribution in [2.75, 3.05) is 20.2 Å². The van der Waals surface area contributed by atoms with Crippen molar-refractivity contribution in [1.29, 1.82) is 0 Å². The molecule has 25 heavy (non-hydrogen) atoms. The molecule has 2 N–H and O–H groups in total. The van der Waals surface area contributed by atoms with Gasteiger partial charge in [0.1, 0.15) is 0 Å². The summed E-state index contributed by atoms with van der Waals surface area (Å²) in [5.74, 6) is 1.62. The van der Waals surface area contributed by atoms with E-state index in [1.807, 2.05) is 18.8 Å². The second-order valence-corrected chi connectivity index (χ2v) is 9.16. The van der Waals surface area contributed by atoms with Crippen LogP contribution in [0.15, 0.2) is 40.2 Å². The predicted molar refractivity (Wildman–Crippen MR) is 104 cm³/mol. The van der Waals surface area contributed by atoms with E-state index in [-0.39, 0.29) is 0 Å². The molecule has 1 saturated heterocycles. The van der Waals surface area contributed by atoms with Gasteiger partial charge in [0.25, 0.3) is 0 Å². The van der Waals surface area contributed by atoms with Crippen LogP contribution in [-0.2, 0) is 4.74 Å². The van der Waals surface area contributed by atoms with Crippen LogP contribution < -0.4 is 10.6 Å². The average molecular weight is 360 g/mol. The maximum Gasteiger partial charge on any atom is 0.191 e. The van der Waals surface area contributed by atoms with Crippen LogP contribution in [0.3, 0.4) is 0 Å². The Morgan fingerprint density at radius 1 is 1.36 bits per heavy atom. The second-order valence-electron chi connectivity index (χ2n) is 7.65. The number of aliphatic imine (C=N–C) groups is 1. The minimum absolute atomic E-state index is 0.392. The van der Waals surface area contributed by atoms with Crippen molar-refractivity contribution >= 4 is 17.7 Å². The minimum atomic E-state index is 0.392. The summed E-state index contributed by atoms with van der Waals surface area (Å²) in [5.41, 5.74) is 0.392. The highest BCUT2D eigenvalue weighted by molar-refractivity contribution is 8.00. The van der Waals surface area contributed by atoms with E-state index >= 15 is 0 Å². The lowest BCUT2D eigenvalue weighted by Gasteiger charge is -2.63. The molecule has 4 unspecified atom stereocenters. The van der Waals surface area contributed by atoms with Gasteiger partial charge in [-0.15, -0.1) is 11.8 Å². The van der Waals surface area contributed by atoms with Crippen molar-refractivity contribution in [2.24, 2.45) is 16.3 Å². The number of ether oxygens (including phenoxy) is 1. The molecule has 4 nitrogen and oxygen atoms in total. The van der Waals surface area contributed by atoms with E-state index in [1.54, 1.807) is 0 Å². The van der Waals surface area contributed by atoms with Crippen LogP contribution in [0.1, 0.15) is 32.6 Å². The molecule has 3 aliphatic rings. The van der Waals surface area contributed by atoms with Gasteiger partial charge in [0.2, 0.25) is 0 Å². The first kappa shape index (κ1) is 17.2. The van der Waals surface area contributed by atoms with Crippen LogP contribution in [-0.4, -0.2) is 43.6 Å². The SMILES string of the molecule is CN=C(NCC(C)Sc1ccccc1)NC1C2CCOC2C12CCC2. The van der Waals surface area contributed by atoms with Crippen molar-refractivity contribution in [3.8, 4) is 0 Å². The highest BCUT2D eigenvalue weighted by atomic mass is 32.2. The molecule has 2 aliphatic carbocycles. The summed E-state index contributed by atoms with van der Waals surface area (Å²) >= 11 is 1.90. The Labute approximate surface area is 155 Å². The number of fused-ring (bicyclic) bond motifs is 2. The first-order valence-corrected chi connectivity index (χ1v) is 10.4. The van der Waals surface area contributed by atoms with Gasteiger partial charge in [-0.1, -0.05) is 31.5 Å². The predicted octanol–water partition coefficient (Wildman–Crippen LogP) is 3.29. The number of thioether (sulfide) groups is 1. The van der Waals surface area contributed by atoms with Crippen molar-refractivity contribution < 1.29 is 4.74 Å². The summed E-state index contributed by atoms with van der Waals surface area (Å²) in [6.07, 6.45) is 5.67. The topological polar surface area (TPSA) is 45.7 Å². The zero-order valence-corrected chi connectivity index (χ0v) is 16.0. The Morgan fingerprint density at radius 2 is 2.16 bits per heavy atom. The maximum atomic E-state index is 6.02. The van der Waals surface area contributed by atoms with Gasteiger partial charge in [-0.3, -0.25) is 4.99 Å². The molecular formula is C20H29N3OS. The minimum Gasteiger partial charge on any atom is -0.377 e. The van der Waals surface area contributed by atoms with Crippen LogP contribution in [0.4, 0.5) is 0 Å². The molecule has 1 aliphatic heterocycles. The number of guanidine groups is 1. The quantitative estimate of drug-likeness (QED) is 0.481. The van der Waals surface area contributed by atoms with Crippen LogP contribution in [0.2, 0.25) is 0 Å². The van der Waals surface area contributed by atoms with E-state index in [0.29, 0.717) is 28.7 Å². The number of benzene rings is 1. The molecule has 3 fully saturated rings. The van der Waals surface area contributed by atoms with Gasteiger partial charge in [0.15, 0.2) is 5.96 Å². The van der Waals surface area contributed by atoms with Gasteiger partial charge in [0, 0.05) is 47.7 Å². The van der Waals surface area contributed by atoms with Crippen LogP contribution >= 0.6 is 11.8 Å². The number of nitrogens with one attached hydrogen (secondary N) is 2. The lowest BCUT2D eigenvalue weighted by Crippen LogP contribution is -2.72. The van der Waals surface area contributed by atoms with E-state index in [4.69, 9.17) is 4.74 Å². The summed E-state index contributed by atoms with van der Waals surface area (Å²) in [6.45, 7) is 4.10. The van der Waals surface area contributed by atoms with E-state index in [0.717, 1.165) is 19.1 Å². The largest absolute Gasteiger partial charge is 0.377 e. The van der Waals surface area contributed by atoms with E-state index < -0.39 is 0 Å². The number of hydrogen-bond donors (Lipinski definition) is 2. The fraction of sp³-hybridized carbons (Fsp3) is 0.650. The van der Waals surface area contributed by atoms with Crippen molar-refractivity contribution in [3.63, 3.8) is 0 Å². The molecular weight excluding hydrogens is 330 g/mol. The summed E-state index contributed by atoms with van der Waals surface area (Å²) in [6, 6.07) is 11.1. The normalized spacial score (nSPS) is 31.0. The molecule has 0 amide bonds. The summed E-state index contributed by atoms with van der Waals surface area (Å²) in [7, 11) is 1.87. The molecule has 4 rings (SSSR count). The van der Waals surface area contributed by atoms with E-state index in [1.165, 1.54) is 30.6 Å². The molecule has 2 saturated carbocycles. The number of nitrogens with zero attached hydrogens (tertiary/aromatic N) is 1. The van der Waals surface area contributed by atoms with Gasteiger partial charge < -0.3 is 15.4 Å². The van der Waals surface area contributed by atoms with E-state index in [9.17, 15) is 0 Å². The van der Waals surface area contributed by atoms with Gasteiger partial charge in [-0.2, -0.15) is 0 Å². The number of hydrogen-bond acceptors (Lipinski definition) is 3. The summed E-state index contributed by atoms with van der Waals surface area (Å²) in [4.78, 5) is 5.79. The van der Waals surface area contributed by atoms with Gasteiger partial charge >= 0.3 is 0 Å². The Morgan fingerprint density at radius 3 is 2.84 bits per heavy atom. The molecule has 0 radical (unpaired) electrons. The van der Waals surface area contributed by atoms with Crippen molar-refractivity contribution in [1.82, 2.24) is 10.6 Å². The lowest BCUT2D eigenvalue weighted by molar-refractivity contribution is -0.171. The first-order valence-electron chi connectivity index (χ1n) is 9.53. The Kier molecular flexibility index (Phi) is 4.96. The van der Waals surface area contributed by atoms with E-state index in [2.05, 4.69) is 52.9 Å². The smallest absolute Gasteiger partial charge is 0.191 e.